The van der Waals surface area contributed by atoms with Gasteiger partial charge in [0.25, 0.3) is 0 Å². The van der Waals surface area contributed by atoms with E-state index < -0.39 is 0 Å². The first kappa shape index (κ1) is 9.56. The maximum Gasteiger partial charge on any atom is 0.166 e. The van der Waals surface area contributed by atoms with Crippen LogP contribution in [0.3, 0.4) is 0 Å². The van der Waals surface area contributed by atoms with E-state index >= 15 is 0 Å². The molecular weight excluding hydrogens is 272 g/mol. The highest BCUT2D eigenvalue weighted by Gasteiger charge is 2.22. The van der Waals surface area contributed by atoms with Crippen molar-refractivity contribution in [3.63, 3.8) is 0 Å². The molecule has 68 valence electrons. The van der Waals surface area contributed by atoms with Gasteiger partial charge in [0, 0.05) is 27.1 Å². The number of thioether (sulfide) groups is 1. The standard InChI is InChI=1S/C9H6BrClOS/c10-5-1-2-6(11)9-8(5)7(12)3-4-13-9/h1-2H,3-4H2. The number of ketones is 1. The summed E-state index contributed by atoms with van der Waals surface area (Å²) >= 11 is 11.0. The molecule has 13 heavy (non-hydrogen) atoms. The van der Waals surface area contributed by atoms with Crippen molar-refractivity contribution in [3.8, 4) is 0 Å². The largest absolute Gasteiger partial charge is 0.294 e. The summed E-state index contributed by atoms with van der Waals surface area (Å²) in [5, 5.41) is 0.677. The minimum absolute atomic E-state index is 0.183. The van der Waals surface area contributed by atoms with E-state index in [9.17, 15) is 4.79 Å². The van der Waals surface area contributed by atoms with Gasteiger partial charge >= 0.3 is 0 Å². The van der Waals surface area contributed by atoms with E-state index in [1.807, 2.05) is 12.1 Å². The molecule has 0 aromatic heterocycles. The van der Waals surface area contributed by atoms with Crippen LogP contribution in [0.5, 0.6) is 0 Å². The van der Waals surface area contributed by atoms with Crippen LogP contribution in [0.1, 0.15) is 16.8 Å². The van der Waals surface area contributed by atoms with E-state index in [1.54, 1.807) is 11.8 Å². The topological polar surface area (TPSA) is 17.1 Å². The van der Waals surface area contributed by atoms with Gasteiger partial charge in [0.05, 0.1) is 5.02 Å². The first-order valence-electron chi connectivity index (χ1n) is 3.84. The molecule has 0 spiro atoms. The Labute approximate surface area is 94.0 Å². The zero-order valence-corrected chi connectivity index (χ0v) is 9.80. The van der Waals surface area contributed by atoms with Crippen LogP contribution in [0.15, 0.2) is 21.5 Å². The lowest BCUT2D eigenvalue weighted by Gasteiger charge is -2.16. The second-order valence-corrected chi connectivity index (χ2v) is 5.12. The van der Waals surface area contributed by atoms with Crippen molar-refractivity contribution in [1.29, 1.82) is 0 Å². The van der Waals surface area contributed by atoms with Crippen LogP contribution >= 0.6 is 39.3 Å². The molecule has 2 rings (SSSR count). The highest BCUT2D eigenvalue weighted by Crippen LogP contribution is 2.39. The Bertz CT molecular complexity index is 378. The number of Topliss-reactive ketones (excluding diaryl/α,β-unsaturated/α-hetero) is 1. The molecule has 0 radical (unpaired) electrons. The second kappa shape index (κ2) is 3.64. The lowest BCUT2D eigenvalue weighted by Crippen LogP contribution is -2.09. The van der Waals surface area contributed by atoms with Crippen molar-refractivity contribution >= 4 is 45.1 Å². The van der Waals surface area contributed by atoms with Gasteiger partial charge in [-0.25, -0.2) is 0 Å². The van der Waals surface area contributed by atoms with Crippen LogP contribution < -0.4 is 0 Å². The summed E-state index contributed by atoms with van der Waals surface area (Å²) in [5.41, 5.74) is 0.753. The van der Waals surface area contributed by atoms with Gasteiger partial charge in [-0.15, -0.1) is 11.8 Å². The van der Waals surface area contributed by atoms with Crippen molar-refractivity contribution in [1.82, 2.24) is 0 Å². The molecule has 1 aliphatic rings. The summed E-state index contributed by atoms with van der Waals surface area (Å²) in [4.78, 5) is 12.5. The monoisotopic (exact) mass is 276 g/mol. The first-order chi connectivity index (χ1) is 6.20. The van der Waals surface area contributed by atoms with Gasteiger partial charge < -0.3 is 0 Å². The predicted molar refractivity (Wildman–Crippen MR) is 58.8 cm³/mol. The predicted octanol–water partition coefficient (Wildman–Crippen LogP) is 3.78. The fraction of sp³-hybridized carbons (Fsp3) is 0.222. The van der Waals surface area contributed by atoms with Crippen LogP contribution in [-0.4, -0.2) is 11.5 Å². The van der Waals surface area contributed by atoms with Gasteiger partial charge in [0.2, 0.25) is 0 Å². The Morgan fingerprint density at radius 3 is 2.92 bits per heavy atom. The van der Waals surface area contributed by atoms with Crippen LogP contribution in [-0.2, 0) is 0 Å². The third-order valence-corrected chi connectivity index (χ3v) is 4.12. The third kappa shape index (κ3) is 1.65. The fourth-order valence-corrected chi connectivity index (χ4v) is 3.37. The smallest absolute Gasteiger partial charge is 0.166 e. The normalized spacial score (nSPS) is 15.7. The maximum atomic E-state index is 11.6. The molecule has 1 heterocycles. The number of rotatable bonds is 0. The molecule has 0 aliphatic carbocycles. The minimum Gasteiger partial charge on any atom is -0.294 e. The van der Waals surface area contributed by atoms with Gasteiger partial charge in [-0.05, 0) is 12.1 Å². The Hall–Kier alpha value is 0.01000. The molecule has 0 saturated heterocycles. The maximum absolute atomic E-state index is 11.6. The molecule has 0 fully saturated rings. The summed E-state index contributed by atoms with van der Waals surface area (Å²) < 4.78 is 0.851. The molecule has 4 heteroatoms. The fourth-order valence-electron chi connectivity index (χ4n) is 1.30. The van der Waals surface area contributed by atoms with Gasteiger partial charge in [-0.3, -0.25) is 4.79 Å². The van der Waals surface area contributed by atoms with Crippen molar-refractivity contribution in [2.45, 2.75) is 11.3 Å². The molecule has 0 N–H and O–H groups in total. The van der Waals surface area contributed by atoms with Crippen molar-refractivity contribution in [2.75, 3.05) is 5.75 Å². The average Bonchev–Trinajstić information content (AvgIpc) is 2.12. The van der Waals surface area contributed by atoms with E-state index in [2.05, 4.69) is 15.9 Å². The van der Waals surface area contributed by atoms with Crippen molar-refractivity contribution in [2.24, 2.45) is 0 Å². The summed E-state index contributed by atoms with van der Waals surface area (Å²) in [6.45, 7) is 0. The zero-order chi connectivity index (χ0) is 9.42. The quantitative estimate of drug-likeness (QED) is 0.718. The summed E-state index contributed by atoms with van der Waals surface area (Å²) in [5.74, 6) is 1.02. The Morgan fingerprint density at radius 2 is 2.23 bits per heavy atom. The number of halogens is 2. The van der Waals surface area contributed by atoms with E-state index in [0.717, 1.165) is 20.7 Å². The minimum atomic E-state index is 0.183. The SMILES string of the molecule is O=C1CCSc2c(Cl)ccc(Br)c21. The van der Waals surface area contributed by atoms with E-state index in [1.165, 1.54) is 0 Å². The second-order valence-electron chi connectivity index (χ2n) is 2.75. The van der Waals surface area contributed by atoms with Crippen LogP contribution in [0.25, 0.3) is 0 Å². The Kier molecular flexibility index (Phi) is 2.67. The summed E-state index contributed by atoms with van der Waals surface area (Å²) in [6, 6.07) is 3.64. The molecule has 0 atom stereocenters. The molecule has 0 amide bonds. The van der Waals surface area contributed by atoms with Crippen molar-refractivity contribution in [3.05, 3.63) is 27.2 Å². The van der Waals surface area contributed by atoms with Crippen LogP contribution in [0, 0.1) is 0 Å². The van der Waals surface area contributed by atoms with Gasteiger partial charge in [-0.2, -0.15) is 0 Å². The lowest BCUT2D eigenvalue weighted by atomic mass is 10.1. The van der Waals surface area contributed by atoms with Crippen LogP contribution in [0.2, 0.25) is 5.02 Å². The Balaban J connectivity index is 2.67. The van der Waals surface area contributed by atoms with Gasteiger partial charge in [-0.1, -0.05) is 27.5 Å². The highest BCUT2D eigenvalue weighted by molar-refractivity contribution is 9.10. The number of hydrogen-bond donors (Lipinski definition) is 0. The molecule has 0 saturated carbocycles. The highest BCUT2D eigenvalue weighted by atomic mass is 79.9. The Morgan fingerprint density at radius 1 is 1.46 bits per heavy atom. The molecule has 1 aromatic carbocycles. The molecule has 0 bridgehead atoms. The van der Waals surface area contributed by atoms with E-state index in [-0.39, 0.29) is 5.78 Å². The van der Waals surface area contributed by atoms with E-state index in [4.69, 9.17) is 11.6 Å². The lowest BCUT2D eigenvalue weighted by molar-refractivity contribution is 0.0984. The number of benzene rings is 1. The van der Waals surface area contributed by atoms with Crippen molar-refractivity contribution < 1.29 is 4.79 Å². The molecule has 0 unspecified atom stereocenters. The number of carbonyl (C=O) groups excluding carboxylic acids is 1. The number of fused-ring (bicyclic) bond motifs is 1. The molecule has 1 aromatic rings. The van der Waals surface area contributed by atoms with Gasteiger partial charge in [0.15, 0.2) is 5.78 Å². The average molecular weight is 278 g/mol. The number of hydrogen-bond acceptors (Lipinski definition) is 2. The zero-order valence-electron chi connectivity index (χ0n) is 6.64. The summed E-state index contributed by atoms with van der Waals surface area (Å²) in [7, 11) is 0. The van der Waals surface area contributed by atoms with Crippen LogP contribution in [0.4, 0.5) is 0 Å². The third-order valence-electron chi connectivity index (χ3n) is 1.91. The summed E-state index contributed by atoms with van der Waals surface area (Å²) in [6.07, 6.45) is 0.608. The molecule has 1 nitrogen and oxygen atoms in total. The molecular formula is C9H6BrClOS. The first-order valence-corrected chi connectivity index (χ1v) is 6.00. The van der Waals surface area contributed by atoms with E-state index in [0.29, 0.717) is 11.4 Å². The number of carbonyl (C=O) groups is 1. The molecule has 1 aliphatic heterocycles. The van der Waals surface area contributed by atoms with Gasteiger partial charge in [0.1, 0.15) is 0 Å².